The Balaban J connectivity index is 1.83. The Bertz CT molecular complexity index is 540. The second-order valence-corrected chi connectivity index (χ2v) is 5.55. The van der Waals surface area contributed by atoms with Gasteiger partial charge in [0.25, 0.3) is 0 Å². The van der Waals surface area contributed by atoms with Gasteiger partial charge in [-0.3, -0.25) is 0 Å². The van der Waals surface area contributed by atoms with E-state index < -0.39 is 0 Å². The van der Waals surface area contributed by atoms with Gasteiger partial charge in [0.2, 0.25) is 0 Å². The van der Waals surface area contributed by atoms with Crippen molar-refractivity contribution in [2.24, 2.45) is 5.73 Å². The molecule has 1 heterocycles. The van der Waals surface area contributed by atoms with Crippen molar-refractivity contribution < 1.29 is 4.79 Å². The molecule has 0 saturated heterocycles. The molecule has 6 heteroatoms. The average Bonchev–Trinajstić information content (AvgIpc) is 2.88. The van der Waals surface area contributed by atoms with Crippen LogP contribution in [0.3, 0.4) is 0 Å². The predicted octanol–water partition coefficient (Wildman–Crippen LogP) is 1.53. The number of nitrogens with two attached hydrogens (primary N) is 1. The van der Waals surface area contributed by atoms with Crippen LogP contribution in [0.2, 0.25) is 0 Å². The van der Waals surface area contributed by atoms with E-state index in [1.54, 1.807) is 0 Å². The van der Waals surface area contributed by atoms with Crippen LogP contribution < -0.4 is 11.1 Å². The van der Waals surface area contributed by atoms with Gasteiger partial charge in [0.05, 0.1) is 0 Å². The molecule has 3 N–H and O–H groups in total. The third-order valence-corrected chi connectivity index (χ3v) is 4.06. The van der Waals surface area contributed by atoms with Gasteiger partial charge in [-0.05, 0) is 0 Å². The molecule has 2 aromatic rings. The van der Waals surface area contributed by atoms with Crippen LogP contribution in [0.1, 0.15) is 32.1 Å². The number of benzene rings is 1. The maximum atomic E-state index is 11.8. The van der Waals surface area contributed by atoms with Crippen molar-refractivity contribution in [2.45, 2.75) is 32.1 Å². The minimum absolute atomic E-state index is 0.0516. The fourth-order valence-electron chi connectivity index (χ4n) is 1.90. The Morgan fingerprint density at radius 3 is 2.89 bits per heavy atom. The number of hydrogen-bond donors (Lipinski definition) is 2. The molecule has 1 amide bonds. The molecule has 2 rings (SSSR count). The average molecular weight is 325 g/mol. The molecular formula is C13H18N4OSe. The molecular weight excluding hydrogens is 307 g/mol. The number of unbranched alkanes of at least 4 members (excludes halogenated alkanes) is 3. The van der Waals surface area contributed by atoms with Crippen LogP contribution in [0.4, 0.5) is 5.69 Å². The van der Waals surface area contributed by atoms with E-state index in [0.717, 1.165) is 48.9 Å². The van der Waals surface area contributed by atoms with Crippen LogP contribution in [0.5, 0.6) is 0 Å². The first-order chi connectivity index (χ1) is 9.31. The number of rotatable bonds is 7. The normalized spacial score (nSPS) is 10.8. The van der Waals surface area contributed by atoms with Gasteiger partial charge in [-0.15, -0.1) is 0 Å². The van der Waals surface area contributed by atoms with Crippen molar-refractivity contribution >= 4 is 37.6 Å². The summed E-state index contributed by atoms with van der Waals surface area (Å²) in [6.45, 7) is 0.731. The zero-order valence-corrected chi connectivity index (χ0v) is 12.5. The number of fused-ring (bicyclic) bond motifs is 1. The molecule has 5 nitrogen and oxygen atoms in total. The number of carbonyl (C=O) groups excluding carboxylic acids is 1. The third kappa shape index (κ3) is 4.13. The van der Waals surface area contributed by atoms with Gasteiger partial charge in [0.15, 0.2) is 0 Å². The molecule has 1 aromatic carbocycles. The number of hydrogen-bond acceptors (Lipinski definition) is 4. The molecule has 19 heavy (non-hydrogen) atoms. The van der Waals surface area contributed by atoms with Gasteiger partial charge < -0.3 is 0 Å². The number of amides is 1. The van der Waals surface area contributed by atoms with E-state index in [-0.39, 0.29) is 20.9 Å². The van der Waals surface area contributed by atoms with E-state index in [9.17, 15) is 4.79 Å². The topological polar surface area (TPSA) is 80.9 Å². The Morgan fingerprint density at radius 1 is 1.21 bits per heavy atom. The molecule has 0 aliphatic carbocycles. The second kappa shape index (κ2) is 7.38. The monoisotopic (exact) mass is 326 g/mol. The third-order valence-electron chi connectivity index (χ3n) is 2.92. The van der Waals surface area contributed by atoms with Crippen LogP contribution in [0.25, 0.3) is 11.0 Å². The molecule has 0 aliphatic heterocycles. The van der Waals surface area contributed by atoms with Crippen molar-refractivity contribution in [3.8, 4) is 0 Å². The van der Waals surface area contributed by atoms with Gasteiger partial charge in [-0.1, -0.05) is 0 Å². The quantitative estimate of drug-likeness (QED) is 0.598. The standard InChI is InChI=1S/C13H18N4OSe/c14-9-4-2-1-3-8-12(18)15-10-6-5-7-11-13(10)17-19-16-11/h5-7H,1-4,8-9,14H2,(H,15,18). The van der Waals surface area contributed by atoms with Gasteiger partial charge in [0.1, 0.15) is 0 Å². The molecule has 0 radical (unpaired) electrons. The Labute approximate surface area is 118 Å². The van der Waals surface area contributed by atoms with E-state index in [0.29, 0.717) is 6.42 Å². The van der Waals surface area contributed by atoms with Crippen LogP contribution in [-0.2, 0) is 4.79 Å². The molecule has 0 saturated carbocycles. The summed E-state index contributed by atoms with van der Waals surface area (Å²) in [5.41, 5.74) is 7.93. The SMILES string of the molecule is NCCCCCCC(=O)Nc1cccc2n[se]nc12. The van der Waals surface area contributed by atoms with Crippen molar-refractivity contribution in [3.05, 3.63) is 18.2 Å². The molecule has 1 aromatic heterocycles. The van der Waals surface area contributed by atoms with Gasteiger partial charge >= 0.3 is 118 Å². The summed E-state index contributed by atoms with van der Waals surface area (Å²) in [4.78, 5) is 11.8. The molecule has 0 atom stereocenters. The van der Waals surface area contributed by atoms with E-state index in [2.05, 4.69) is 13.3 Å². The van der Waals surface area contributed by atoms with Crippen LogP contribution in [0, 0.1) is 0 Å². The summed E-state index contributed by atoms with van der Waals surface area (Å²) in [5, 5.41) is 2.93. The van der Waals surface area contributed by atoms with Crippen LogP contribution in [-0.4, -0.2) is 35.4 Å². The van der Waals surface area contributed by atoms with Crippen molar-refractivity contribution in [1.82, 2.24) is 7.96 Å². The number of aromatic nitrogens is 2. The first kappa shape index (κ1) is 14.2. The minimum atomic E-state index is -0.0641. The molecule has 0 fully saturated rings. The summed E-state index contributed by atoms with van der Waals surface area (Å²) >= 11 is -0.0641. The molecule has 0 unspecified atom stereocenters. The summed E-state index contributed by atoms with van der Waals surface area (Å²) < 4.78 is 8.64. The fourth-order valence-corrected chi connectivity index (χ4v) is 3.06. The molecule has 0 spiro atoms. The number of anilines is 1. The van der Waals surface area contributed by atoms with Crippen molar-refractivity contribution in [1.29, 1.82) is 0 Å². The zero-order chi connectivity index (χ0) is 13.5. The van der Waals surface area contributed by atoms with Crippen LogP contribution in [0.15, 0.2) is 18.2 Å². The summed E-state index contributed by atoms with van der Waals surface area (Å²) in [7, 11) is 0. The Kier molecular flexibility index (Phi) is 5.51. The summed E-state index contributed by atoms with van der Waals surface area (Å²) in [6, 6.07) is 5.71. The van der Waals surface area contributed by atoms with E-state index in [4.69, 9.17) is 5.73 Å². The second-order valence-electron chi connectivity index (χ2n) is 4.44. The number of nitrogens with zero attached hydrogens (tertiary/aromatic N) is 2. The van der Waals surface area contributed by atoms with Gasteiger partial charge in [-0.25, -0.2) is 0 Å². The van der Waals surface area contributed by atoms with Crippen molar-refractivity contribution in [2.75, 3.05) is 11.9 Å². The first-order valence-corrected chi connectivity index (χ1v) is 8.05. The van der Waals surface area contributed by atoms with E-state index >= 15 is 0 Å². The Morgan fingerprint density at radius 2 is 2.05 bits per heavy atom. The zero-order valence-electron chi connectivity index (χ0n) is 10.8. The van der Waals surface area contributed by atoms with Gasteiger partial charge in [0, 0.05) is 0 Å². The van der Waals surface area contributed by atoms with Crippen molar-refractivity contribution in [3.63, 3.8) is 0 Å². The fraction of sp³-hybridized carbons (Fsp3) is 0.462. The van der Waals surface area contributed by atoms with Crippen LogP contribution >= 0.6 is 0 Å². The number of carbonyl (C=O) groups is 1. The molecule has 0 bridgehead atoms. The maximum absolute atomic E-state index is 11.8. The first-order valence-electron chi connectivity index (χ1n) is 6.52. The van der Waals surface area contributed by atoms with E-state index in [1.165, 1.54) is 0 Å². The Hall–Kier alpha value is -1.23. The molecule has 102 valence electrons. The molecule has 0 aliphatic rings. The number of nitrogens with one attached hydrogen (secondary N) is 1. The van der Waals surface area contributed by atoms with E-state index in [1.807, 2.05) is 18.2 Å². The van der Waals surface area contributed by atoms with Gasteiger partial charge in [-0.2, -0.15) is 0 Å². The summed E-state index contributed by atoms with van der Waals surface area (Å²) in [5.74, 6) is 0.0516. The summed E-state index contributed by atoms with van der Waals surface area (Å²) in [6.07, 6.45) is 4.65. The predicted molar refractivity (Wildman–Crippen MR) is 77.2 cm³/mol.